The van der Waals surface area contributed by atoms with Crippen molar-refractivity contribution in [3.05, 3.63) is 63.3 Å². The van der Waals surface area contributed by atoms with Crippen LogP contribution in [-0.4, -0.2) is 77.1 Å². The standard InChI is InChI=1S/C24H23Cl2FN6O4S2/c1-30-8-9-33(39(30,35)36)19-5-4-18(23(26)29-19)37-13-20(34)31-7-6-17-22(32-10-11-38-24(32)28-17)21(31)15-3-2-14(25)12-16(15)27/h2-5,12,21H,6-11,13H2,1H3. The van der Waals surface area contributed by atoms with Crippen LogP contribution >= 0.6 is 35.0 Å². The average Bonchev–Trinajstić information content (AvgIpc) is 3.56. The molecule has 3 aromatic rings. The zero-order valence-electron chi connectivity index (χ0n) is 20.7. The van der Waals surface area contributed by atoms with E-state index >= 15 is 4.39 Å². The highest BCUT2D eigenvalue weighted by Gasteiger charge is 2.39. The third-order valence-electron chi connectivity index (χ3n) is 7.03. The van der Waals surface area contributed by atoms with Gasteiger partial charge in [0.2, 0.25) is 0 Å². The molecule has 0 spiro atoms. The first-order chi connectivity index (χ1) is 18.6. The van der Waals surface area contributed by atoms with Crippen LogP contribution in [0.1, 0.15) is 23.0 Å². The molecule has 1 saturated heterocycles. The first-order valence-corrected chi connectivity index (χ1v) is 15.3. The molecule has 0 aliphatic carbocycles. The average molecular weight is 614 g/mol. The minimum atomic E-state index is -3.66. The molecule has 0 bridgehead atoms. The Morgan fingerprint density at radius 3 is 2.69 bits per heavy atom. The number of amides is 1. The zero-order chi connectivity index (χ0) is 27.5. The number of anilines is 1. The maximum Gasteiger partial charge on any atom is 0.305 e. The van der Waals surface area contributed by atoms with E-state index in [0.29, 0.717) is 25.1 Å². The number of benzene rings is 1. The summed E-state index contributed by atoms with van der Waals surface area (Å²) in [6.45, 7) is 1.26. The molecule has 5 heterocycles. The van der Waals surface area contributed by atoms with Crippen LogP contribution in [0.4, 0.5) is 10.2 Å². The molecular weight excluding hydrogens is 590 g/mol. The normalized spacial score (nSPS) is 20.3. The maximum atomic E-state index is 15.2. The molecule has 15 heteroatoms. The fraction of sp³-hybridized carbons (Fsp3) is 0.375. The molecule has 1 fully saturated rings. The summed E-state index contributed by atoms with van der Waals surface area (Å²) >= 11 is 14.0. The van der Waals surface area contributed by atoms with Gasteiger partial charge in [0.05, 0.1) is 17.9 Å². The largest absolute Gasteiger partial charge is 0.481 e. The number of halogens is 3. The summed E-state index contributed by atoms with van der Waals surface area (Å²) in [4.78, 5) is 24.0. The van der Waals surface area contributed by atoms with Gasteiger partial charge in [0.1, 0.15) is 17.7 Å². The van der Waals surface area contributed by atoms with Crippen molar-refractivity contribution in [3.63, 3.8) is 0 Å². The van der Waals surface area contributed by atoms with E-state index in [2.05, 4.69) is 9.55 Å². The molecule has 1 amide bonds. The minimum absolute atomic E-state index is 0.0723. The Hall–Kier alpha value is -2.58. The Labute approximate surface area is 238 Å². The molecule has 1 aromatic carbocycles. The molecule has 2 aromatic heterocycles. The van der Waals surface area contributed by atoms with Gasteiger partial charge in [0.25, 0.3) is 5.91 Å². The van der Waals surface area contributed by atoms with Crippen molar-refractivity contribution in [2.75, 3.05) is 43.3 Å². The highest BCUT2D eigenvalue weighted by Crippen LogP contribution is 2.41. The minimum Gasteiger partial charge on any atom is -0.481 e. The lowest BCUT2D eigenvalue weighted by Crippen LogP contribution is -2.44. The Morgan fingerprint density at radius 1 is 1.15 bits per heavy atom. The molecule has 39 heavy (non-hydrogen) atoms. The number of imidazole rings is 1. The number of hydrogen-bond donors (Lipinski definition) is 0. The van der Waals surface area contributed by atoms with Crippen molar-refractivity contribution in [2.45, 2.75) is 24.2 Å². The number of pyridine rings is 1. The smallest absolute Gasteiger partial charge is 0.305 e. The van der Waals surface area contributed by atoms with Crippen molar-refractivity contribution in [1.29, 1.82) is 0 Å². The molecule has 1 unspecified atom stereocenters. The van der Waals surface area contributed by atoms with Gasteiger partial charge in [0, 0.05) is 49.4 Å². The molecule has 1 atom stereocenters. The number of thioether (sulfide) groups is 1. The van der Waals surface area contributed by atoms with Crippen LogP contribution in [0, 0.1) is 5.82 Å². The molecule has 6 rings (SSSR count). The first-order valence-electron chi connectivity index (χ1n) is 12.1. The van der Waals surface area contributed by atoms with E-state index in [1.54, 1.807) is 28.8 Å². The summed E-state index contributed by atoms with van der Waals surface area (Å²) in [5.74, 6) is 0.277. The monoisotopic (exact) mass is 612 g/mol. The lowest BCUT2D eigenvalue weighted by Gasteiger charge is -2.36. The number of nitrogens with zero attached hydrogens (tertiary/aromatic N) is 6. The molecule has 10 nitrogen and oxygen atoms in total. The van der Waals surface area contributed by atoms with E-state index in [0.717, 1.165) is 33.1 Å². The van der Waals surface area contributed by atoms with Crippen molar-refractivity contribution in [2.24, 2.45) is 0 Å². The van der Waals surface area contributed by atoms with E-state index in [-0.39, 0.29) is 40.8 Å². The molecule has 206 valence electrons. The summed E-state index contributed by atoms with van der Waals surface area (Å²) in [6.07, 6.45) is 0.531. The predicted octanol–water partition coefficient (Wildman–Crippen LogP) is 3.38. The Bertz CT molecular complexity index is 1590. The molecule has 3 aliphatic heterocycles. The second-order valence-electron chi connectivity index (χ2n) is 9.28. The van der Waals surface area contributed by atoms with Gasteiger partial charge in [-0.05, 0) is 24.3 Å². The summed E-state index contributed by atoms with van der Waals surface area (Å²) in [5.41, 5.74) is 1.98. The highest BCUT2D eigenvalue weighted by molar-refractivity contribution is 7.99. The van der Waals surface area contributed by atoms with Crippen LogP contribution in [0.25, 0.3) is 0 Å². The van der Waals surface area contributed by atoms with Gasteiger partial charge < -0.3 is 14.2 Å². The SMILES string of the molecule is CN1CCN(c2ccc(OCC(=O)N3CCc4nc5n(c4C3c3ccc(Cl)cc3F)CCS5)c(Cl)n2)S1(=O)=O. The van der Waals surface area contributed by atoms with Gasteiger partial charge in [-0.25, -0.2) is 18.7 Å². The van der Waals surface area contributed by atoms with Crippen LogP contribution in [-0.2, 0) is 28.0 Å². The summed E-state index contributed by atoms with van der Waals surface area (Å²) in [6, 6.07) is 6.71. The summed E-state index contributed by atoms with van der Waals surface area (Å²) in [5, 5.41) is 1.06. The number of carbonyl (C=O) groups is 1. The van der Waals surface area contributed by atoms with Gasteiger partial charge in [0.15, 0.2) is 22.7 Å². The van der Waals surface area contributed by atoms with E-state index in [1.165, 1.54) is 29.6 Å². The Morgan fingerprint density at radius 2 is 1.97 bits per heavy atom. The molecular formula is C24H23Cl2FN6O4S2. The third kappa shape index (κ3) is 4.63. The number of fused-ring (bicyclic) bond motifs is 3. The second-order valence-corrected chi connectivity index (χ2v) is 13.1. The molecule has 0 radical (unpaired) electrons. The summed E-state index contributed by atoms with van der Waals surface area (Å²) < 4.78 is 50.3. The van der Waals surface area contributed by atoms with E-state index < -0.39 is 22.1 Å². The van der Waals surface area contributed by atoms with Crippen LogP contribution in [0.15, 0.2) is 35.5 Å². The zero-order valence-corrected chi connectivity index (χ0v) is 23.8. The van der Waals surface area contributed by atoms with Gasteiger partial charge in [-0.3, -0.25) is 4.79 Å². The number of carbonyl (C=O) groups excluding carboxylic acids is 1. The molecule has 3 aliphatic rings. The van der Waals surface area contributed by atoms with Crippen molar-refractivity contribution in [3.8, 4) is 5.75 Å². The number of aromatic nitrogens is 3. The number of hydrogen-bond acceptors (Lipinski definition) is 7. The fourth-order valence-corrected chi connectivity index (χ4v) is 7.73. The highest BCUT2D eigenvalue weighted by atomic mass is 35.5. The first kappa shape index (κ1) is 26.6. The Kier molecular flexibility index (Phi) is 6.91. The lowest BCUT2D eigenvalue weighted by atomic mass is 9.94. The van der Waals surface area contributed by atoms with Gasteiger partial charge >= 0.3 is 10.2 Å². The van der Waals surface area contributed by atoms with Gasteiger partial charge in [-0.2, -0.15) is 12.7 Å². The van der Waals surface area contributed by atoms with Crippen LogP contribution in [0.2, 0.25) is 10.2 Å². The van der Waals surface area contributed by atoms with Crippen molar-refractivity contribution in [1.82, 2.24) is 23.7 Å². The van der Waals surface area contributed by atoms with Gasteiger partial charge in [-0.15, -0.1) is 0 Å². The van der Waals surface area contributed by atoms with E-state index in [1.807, 2.05) is 0 Å². The van der Waals surface area contributed by atoms with E-state index in [4.69, 9.17) is 32.9 Å². The van der Waals surface area contributed by atoms with Gasteiger partial charge in [-0.1, -0.05) is 41.0 Å². The number of likely N-dealkylation sites (N-methyl/N-ethyl adjacent to an activating group) is 1. The number of rotatable bonds is 5. The maximum absolute atomic E-state index is 15.2. The second kappa shape index (κ2) is 10.1. The van der Waals surface area contributed by atoms with Crippen molar-refractivity contribution < 1.29 is 22.3 Å². The van der Waals surface area contributed by atoms with E-state index in [9.17, 15) is 13.2 Å². The fourth-order valence-electron chi connectivity index (χ4n) is 5.09. The van der Waals surface area contributed by atoms with Crippen LogP contribution in [0.5, 0.6) is 5.75 Å². The van der Waals surface area contributed by atoms with Crippen LogP contribution in [0.3, 0.4) is 0 Å². The van der Waals surface area contributed by atoms with Crippen LogP contribution < -0.4 is 9.04 Å². The summed E-state index contributed by atoms with van der Waals surface area (Å²) in [7, 11) is -2.17. The Balaban J connectivity index is 1.25. The molecule has 0 saturated carbocycles. The van der Waals surface area contributed by atoms with Crippen molar-refractivity contribution >= 4 is 56.9 Å². The topological polar surface area (TPSA) is 101 Å². The third-order valence-corrected chi connectivity index (χ3v) is 10.4. The number of ether oxygens (including phenoxy) is 1. The molecule has 0 N–H and O–H groups in total. The quantitative estimate of drug-likeness (QED) is 0.407. The predicted molar refractivity (Wildman–Crippen MR) is 145 cm³/mol. The lowest BCUT2D eigenvalue weighted by molar-refractivity contribution is -0.135.